The lowest BCUT2D eigenvalue weighted by Crippen LogP contribution is -2.52. The summed E-state index contributed by atoms with van der Waals surface area (Å²) in [6.07, 6.45) is 5.57. The van der Waals surface area contributed by atoms with Gasteiger partial charge in [-0.3, -0.25) is 9.59 Å². The van der Waals surface area contributed by atoms with Crippen molar-refractivity contribution in [1.29, 1.82) is 0 Å². The van der Waals surface area contributed by atoms with E-state index in [-0.39, 0.29) is 11.8 Å². The van der Waals surface area contributed by atoms with Crippen LogP contribution in [-0.4, -0.2) is 60.4 Å². The Morgan fingerprint density at radius 3 is 2.05 bits per heavy atom. The molecule has 1 N–H and O–H groups in total. The Kier molecular flexibility index (Phi) is 6.03. The van der Waals surface area contributed by atoms with Crippen LogP contribution in [0.2, 0.25) is 0 Å². The molecule has 1 aliphatic carbocycles. The van der Waals surface area contributed by atoms with Crippen LogP contribution in [0.3, 0.4) is 0 Å². The molecule has 1 aliphatic heterocycles. The van der Waals surface area contributed by atoms with Crippen molar-refractivity contribution in [2.75, 3.05) is 32.7 Å². The number of nitrogens with zero attached hydrogens (tertiary/aromatic N) is 2. The van der Waals surface area contributed by atoms with Crippen molar-refractivity contribution in [2.24, 2.45) is 5.92 Å². The summed E-state index contributed by atoms with van der Waals surface area (Å²) in [6.45, 7) is 7.29. The van der Waals surface area contributed by atoms with Crippen molar-refractivity contribution >= 4 is 11.8 Å². The van der Waals surface area contributed by atoms with Crippen LogP contribution in [0, 0.1) is 5.92 Å². The molecule has 2 rings (SSSR count). The quantitative estimate of drug-likeness (QED) is 0.830. The lowest BCUT2D eigenvalue weighted by molar-refractivity contribution is -0.139. The molecule has 120 valence electrons. The van der Waals surface area contributed by atoms with Gasteiger partial charge in [-0.05, 0) is 18.8 Å². The fourth-order valence-electron chi connectivity index (χ4n) is 3.16. The van der Waals surface area contributed by atoms with Gasteiger partial charge in [0, 0.05) is 38.6 Å². The van der Waals surface area contributed by atoms with E-state index in [4.69, 9.17) is 0 Å². The van der Waals surface area contributed by atoms with Crippen LogP contribution < -0.4 is 5.32 Å². The number of amides is 2. The Morgan fingerprint density at radius 1 is 1.00 bits per heavy atom. The van der Waals surface area contributed by atoms with Crippen LogP contribution in [0.4, 0.5) is 0 Å². The van der Waals surface area contributed by atoms with Gasteiger partial charge in [-0.25, -0.2) is 0 Å². The van der Waals surface area contributed by atoms with Gasteiger partial charge in [0.1, 0.15) is 0 Å². The predicted octanol–water partition coefficient (Wildman–Crippen LogP) is 1.24. The number of hydrogen-bond acceptors (Lipinski definition) is 3. The molecule has 0 bridgehead atoms. The maximum absolute atomic E-state index is 12.2. The van der Waals surface area contributed by atoms with E-state index in [0.29, 0.717) is 51.1 Å². The molecule has 0 aromatic carbocycles. The van der Waals surface area contributed by atoms with Gasteiger partial charge in [0.05, 0.1) is 6.54 Å². The van der Waals surface area contributed by atoms with E-state index in [9.17, 15) is 9.59 Å². The van der Waals surface area contributed by atoms with Gasteiger partial charge >= 0.3 is 0 Å². The Labute approximate surface area is 128 Å². The molecule has 0 unspecified atom stereocenters. The number of hydrogen-bond donors (Lipinski definition) is 1. The fraction of sp³-hybridized carbons (Fsp3) is 0.875. The maximum Gasteiger partial charge on any atom is 0.236 e. The molecule has 5 heteroatoms. The topological polar surface area (TPSA) is 52.7 Å². The summed E-state index contributed by atoms with van der Waals surface area (Å²) >= 11 is 0. The molecule has 1 saturated carbocycles. The smallest absolute Gasteiger partial charge is 0.236 e. The highest BCUT2D eigenvalue weighted by Gasteiger charge is 2.24. The second-order valence-corrected chi connectivity index (χ2v) is 6.72. The third-order valence-corrected chi connectivity index (χ3v) is 4.47. The monoisotopic (exact) mass is 295 g/mol. The number of carbonyl (C=O) groups excluding carboxylic acids is 2. The van der Waals surface area contributed by atoms with Gasteiger partial charge in [0.15, 0.2) is 0 Å². The molecule has 0 aromatic heterocycles. The SMILES string of the molecule is CC(C)CC(=O)N1CCN(C(=O)CNC2CCCC2)CC1. The third kappa shape index (κ3) is 4.99. The zero-order valence-corrected chi connectivity index (χ0v) is 13.4. The zero-order chi connectivity index (χ0) is 15.2. The van der Waals surface area contributed by atoms with Crippen molar-refractivity contribution in [2.45, 2.75) is 52.0 Å². The first-order chi connectivity index (χ1) is 10.1. The first-order valence-corrected chi connectivity index (χ1v) is 8.35. The average molecular weight is 295 g/mol. The summed E-state index contributed by atoms with van der Waals surface area (Å²) in [5.74, 6) is 0.798. The number of carbonyl (C=O) groups is 2. The first kappa shape index (κ1) is 16.3. The number of piperazine rings is 1. The van der Waals surface area contributed by atoms with E-state index < -0.39 is 0 Å². The van der Waals surface area contributed by atoms with Gasteiger partial charge in [-0.15, -0.1) is 0 Å². The Morgan fingerprint density at radius 2 is 1.52 bits per heavy atom. The Balaban J connectivity index is 1.67. The van der Waals surface area contributed by atoms with Crippen LogP contribution in [0.25, 0.3) is 0 Å². The van der Waals surface area contributed by atoms with E-state index in [1.807, 2.05) is 9.80 Å². The van der Waals surface area contributed by atoms with Gasteiger partial charge < -0.3 is 15.1 Å². The second kappa shape index (κ2) is 7.78. The Hall–Kier alpha value is -1.10. The summed E-state index contributed by atoms with van der Waals surface area (Å²) in [5, 5.41) is 3.37. The summed E-state index contributed by atoms with van der Waals surface area (Å²) in [6, 6.07) is 0.530. The summed E-state index contributed by atoms with van der Waals surface area (Å²) in [7, 11) is 0. The van der Waals surface area contributed by atoms with E-state index in [0.717, 1.165) is 0 Å². The van der Waals surface area contributed by atoms with Crippen LogP contribution in [0.1, 0.15) is 46.0 Å². The molecular formula is C16H29N3O2. The molecule has 2 aliphatic rings. The van der Waals surface area contributed by atoms with Crippen molar-refractivity contribution < 1.29 is 9.59 Å². The Bertz CT molecular complexity index is 357. The molecule has 2 fully saturated rings. The molecule has 1 heterocycles. The highest BCUT2D eigenvalue weighted by molar-refractivity contribution is 5.79. The van der Waals surface area contributed by atoms with Gasteiger partial charge in [-0.1, -0.05) is 26.7 Å². The highest BCUT2D eigenvalue weighted by Crippen LogP contribution is 2.17. The maximum atomic E-state index is 12.2. The van der Waals surface area contributed by atoms with Crippen LogP contribution >= 0.6 is 0 Å². The van der Waals surface area contributed by atoms with Crippen molar-refractivity contribution in [3.05, 3.63) is 0 Å². The second-order valence-electron chi connectivity index (χ2n) is 6.72. The zero-order valence-electron chi connectivity index (χ0n) is 13.4. The summed E-state index contributed by atoms with van der Waals surface area (Å²) in [5.41, 5.74) is 0. The van der Waals surface area contributed by atoms with Crippen molar-refractivity contribution in [1.82, 2.24) is 15.1 Å². The third-order valence-electron chi connectivity index (χ3n) is 4.47. The largest absolute Gasteiger partial charge is 0.339 e. The molecular weight excluding hydrogens is 266 g/mol. The average Bonchev–Trinajstić information content (AvgIpc) is 2.97. The van der Waals surface area contributed by atoms with E-state index in [2.05, 4.69) is 19.2 Å². The minimum atomic E-state index is 0.179. The van der Waals surface area contributed by atoms with Crippen LogP contribution in [0.5, 0.6) is 0 Å². The van der Waals surface area contributed by atoms with Gasteiger partial charge in [-0.2, -0.15) is 0 Å². The minimum absolute atomic E-state index is 0.179. The fourth-order valence-corrected chi connectivity index (χ4v) is 3.16. The molecule has 5 nitrogen and oxygen atoms in total. The lowest BCUT2D eigenvalue weighted by atomic mass is 10.1. The van der Waals surface area contributed by atoms with Crippen molar-refractivity contribution in [3.63, 3.8) is 0 Å². The van der Waals surface area contributed by atoms with Gasteiger partial charge in [0.25, 0.3) is 0 Å². The first-order valence-electron chi connectivity index (χ1n) is 8.35. The molecule has 0 radical (unpaired) electrons. The molecule has 0 spiro atoms. The molecule has 0 aromatic rings. The summed E-state index contributed by atoms with van der Waals surface area (Å²) in [4.78, 5) is 28.0. The van der Waals surface area contributed by atoms with Gasteiger partial charge in [0.2, 0.25) is 11.8 Å². The molecule has 21 heavy (non-hydrogen) atoms. The predicted molar refractivity (Wildman–Crippen MR) is 82.9 cm³/mol. The van der Waals surface area contributed by atoms with Crippen LogP contribution in [-0.2, 0) is 9.59 Å². The highest BCUT2D eigenvalue weighted by atomic mass is 16.2. The van der Waals surface area contributed by atoms with Crippen LogP contribution in [0.15, 0.2) is 0 Å². The normalized spacial score (nSPS) is 20.3. The van der Waals surface area contributed by atoms with Crippen molar-refractivity contribution in [3.8, 4) is 0 Å². The summed E-state index contributed by atoms with van der Waals surface area (Å²) < 4.78 is 0. The molecule has 0 atom stereocenters. The standard InChI is InChI=1S/C16H29N3O2/c1-13(2)11-15(20)18-7-9-19(10-8-18)16(21)12-17-14-5-3-4-6-14/h13-14,17H,3-12H2,1-2H3. The molecule has 2 amide bonds. The van der Waals surface area contributed by atoms with E-state index in [1.165, 1.54) is 25.7 Å². The van der Waals surface area contributed by atoms with E-state index >= 15 is 0 Å². The molecule has 1 saturated heterocycles. The number of nitrogens with one attached hydrogen (secondary N) is 1. The van der Waals surface area contributed by atoms with E-state index in [1.54, 1.807) is 0 Å². The lowest BCUT2D eigenvalue weighted by Gasteiger charge is -2.35. The number of rotatable bonds is 5. The minimum Gasteiger partial charge on any atom is -0.339 e.